The molecule has 0 bridgehead atoms. The molecule has 1 heterocycles. The van der Waals surface area contributed by atoms with Crippen LogP contribution in [0.15, 0.2) is 27.8 Å². The van der Waals surface area contributed by atoms with Gasteiger partial charge in [0.1, 0.15) is 0 Å². The number of hydrogen-bond donors (Lipinski definition) is 2. The minimum Gasteiger partial charge on any atom is -0.479 e. The number of halogens is 1. The van der Waals surface area contributed by atoms with Crippen molar-refractivity contribution in [3.05, 3.63) is 44.1 Å². The molecule has 2 rings (SSSR count). The van der Waals surface area contributed by atoms with E-state index in [9.17, 15) is 14.4 Å². The molecule has 0 atom stereocenters. The lowest BCUT2D eigenvalue weighted by Crippen LogP contribution is -2.41. The average Bonchev–Trinajstić information content (AvgIpc) is 2.27. The molecule has 0 aliphatic rings. The fraction of sp³-hybridized carbons (Fsp3) is 0.100. The van der Waals surface area contributed by atoms with Crippen molar-refractivity contribution in [2.45, 2.75) is 0 Å². The number of rotatable bonds is 3. The van der Waals surface area contributed by atoms with E-state index in [1.807, 2.05) is 0 Å². The van der Waals surface area contributed by atoms with E-state index in [4.69, 9.17) is 16.7 Å². The second kappa shape index (κ2) is 4.53. The van der Waals surface area contributed by atoms with E-state index >= 15 is 0 Å². The Balaban J connectivity index is 2.62. The van der Waals surface area contributed by atoms with E-state index in [0.717, 1.165) is 0 Å². The number of aliphatic carboxylic acids is 1. The number of H-pyrrole nitrogens is 1. The fourth-order valence-corrected chi connectivity index (χ4v) is 1.58. The molecule has 94 valence electrons. The van der Waals surface area contributed by atoms with Gasteiger partial charge in [-0.05, 0) is 18.2 Å². The number of carboxylic acids is 1. The summed E-state index contributed by atoms with van der Waals surface area (Å²) in [6.45, 7) is -0.790. The molecule has 0 aliphatic heterocycles. The molecule has 1 aromatic carbocycles. The third-order valence-electron chi connectivity index (χ3n) is 2.14. The van der Waals surface area contributed by atoms with Gasteiger partial charge < -0.3 is 14.9 Å². The largest absolute Gasteiger partial charge is 0.479 e. The summed E-state index contributed by atoms with van der Waals surface area (Å²) in [4.78, 5) is 40.7. The zero-order valence-electron chi connectivity index (χ0n) is 8.84. The molecule has 8 heteroatoms. The van der Waals surface area contributed by atoms with E-state index in [2.05, 4.69) is 9.82 Å². The molecule has 0 saturated carbocycles. The maximum absolute atomic E-state index is 11.9. The van der Waals surface area contributed by atoms with Crippen LogP contribution in [0.3, 0.4) is 0 Å². The monoisotopic (exact) mass is 270 g/mol. The van der Waals surface area contributed by atoms with Crippen molar-refractivity contribution in [2.24, 2.45) is 0 Å². The first-order valence-corrected chi connectivity index (χ1v) is 5.16. The van der Waals surface area contributed by atoms with Gasteiger partial charge in [0, 0.05) is 5.02 Å². The third kappa shape index (κ3) is 2.21. The highest BCUT2D eigenvalue weighted by Gasteiger charge is 2.10. The normalized spacial score (nSPS) is 10.5. The highest BCUT2D eigenvalue weighted by Crippen LogP contribution is 2.13. The van der Waals surface area contributed by atoms with Gasteiger partial charge >= 0.3 is 11.7 Å². The van der Waals surface area contributed by atoms with Gasteiger partial charge in [-0.15, -0.1) is 0 Å². The van der Waals surface area contributed by atoms with E-state index in [0.29, 0.717) is 9.75 Å². The van der Waals surface area contributed by atoms with Gasteiger partial charge in [-0.3, -0.25) is 4.79 Å². The number of carbonyl (C=O) groups is 1. The van der Waals surface area contributed by atoms with E-state index in [1.165, 1.54) is 18.2 Å². The Morgan fingerprint density at radius 3 is 2.83 bits per heavy atom. The summed E-state index contributed by atoms with van der Waals surface area (Å²) in [5.41, 5.74) is -1.35. The van der Waals surface area contributed by atoms with Gasteiger partial charge in [-0.25, -0.2) is 9.59 Å². The van der Waals surface area contributed by atoms with E-state index in [1.54, 1.807) is 0 Å². The Hall–Kier alpha value is -2.28. The molecule has 0 amide bonds. The van der Waals surface area contributed by atoms with Crippen molar-refractivity contribution in [2.75, 3.05) is 6.61 Å². The van der Waals surface area contributed by atoms with Crippen molar-refractivity contribution < 1.29 is 14.7 Å². The van der Waals surface area contributed by atoms with Crippen LogP contribution >= 0.6 is 11.6 Å². The summed E-state index contributed by atoms with van der Waals surface area (Å²) in [7, 11) is 0. The van der Waals surface area contributed by atoms with Crippen molar-refractivity contribution >= 4 is 28.5 Å². The molecule has 0 unspecified atom stereocenters. The number of hydrogen-bond acceptors (Lipinski definition) is 4. The highest BCUT2D eigenvalue weighted by molar-refractivity contribution is 6.31. The number of nitrogens with zero attached hydrogens (tertiary/aromatic N) is 1. The van der Waals surface area contributed by atoms with E-state index < -0.39 is 23.8 Å². The second-order valence-electron chi connectivity index (χ2n) is 3.39. The molecule has 18 heavy (non-hydrogen) atoms. The molecule has 0 aliphatic carbocycles. The van der Waals surface area contributed by atoms with Crippen LogP contribution in [0.5, 0.6) is 0 Å². The molecular formula is C10H7ClN2O5. The Bertz CT molecular complexity index is 733. The standard InChI is InChI=1S/C10H7ClN2O5/c11-5-1-2-6-7(3-5)12-10(17)13(9(6)16)18-4-8(14)15/h1-3H,4H2,(H,12,17)(H,14,15). The molecule has 0 saturated heterocycles. The SMILES string of the molecule is O=C(O)COn1c(=O)[nH]c2cc(Cl)ccc2c1=O. The lowest BCUT2D eigenvalue weighted by molar-refractivity contribution is -0.142. The van der Waals surface area contributed by atoms with Crippen LogP contribution in [0.2, 0.25) is 5.02 Å². The predicted molar refractivity (Wildman–Crippen MR) is 62.9 cm³/mol. The zero-order chi connectivity index (χ0) is 13.3. The minimum absolute atomic E-state index is 0.171. The number of fused-ring (bicyclic) bond motifs is 1. The molecule has 2 N–H and O–H groups in total. The lowest BCUT2D eigenvalue weighted by Gasteiger charge is -2.05. The first kappa shape index (κ1) is 12.2. The van der Waals surface area contributed by atoms with Gasteiger partial charge in [0.2, 0.25) is 6.61 Å². The van der Waals surface area contributed by atoms with Crippen molar-refractivity contribution in [3.8, 4) is 0 Å². The molecule has 2 aromatic rings. The van der Waals surface area contributed by atoms with Gasteiger partial charge in [0.15, 0.2) is 0 Å². The highest BCUT2D eigenvalue weighted by atomic mass is 35.5. The molecule has 0 fully saturated rings. The maximum Gasteiger partial charge on any atom is 0.362 e. The smallest absolute Gasteiger partial charge is 0.362 e. The molecule has 1 aromatic heterocycles. The Kier molecular flexibility index (Phi) is 3.07. The Morgan fingerprint density at radius 2 is 2.17 bits per heavy atom. The summed E-state index contributed by atoms with van der Waals surface area (Å²) in [6, 6.07) is 4.31. The van der Waals surface area contributed by atoms with Crippen molar-refractivity contribution in [3.63, 3.8) is 0 Å². The van der Waals surface area contributed by atoms with Crippen LogP contribution in [0, 0.1) is 0 Å². The molecule has 0 radical (unpaired) electrons. The Labute approximate surface area is 104 Å². The van der Waals surface area contributed by atoms with E-state index in [-0.39, 0.29) is 10.9 Å². The Morgan fingerprint density at radius 1 is 1.44 bits per heavy atom. The molecular weight excluding hydrogens is 264 g/mol. The van der Waals surface area contributed by atoms with Crippen LogP contribution in [-0.2, 0) is 4.79 Å². The van der Waals surface area contributed by atoms with Gasteiger partial charge in [-0.1, -0.05) is 16.3 Å². The third-order valence-corrected chi connectivity index (χ3v) is 2.37. The fourth-order valence-electron chi connectivity index (χ4n) is 1.41. The average molecular weight is 271 g/mol. The zero-order valence-corrected chi connectivity index (χ0v) is 9.60. The number of nitrogens with one attached hydrogen (secondary N) is 1. The molecule has 7 nitrogen and oxygen atoms in total. The van der Waals surface area contributed by atoms with Gasteiger partial charge in [0.05, 0.1) is 10.9 Å². The number of benzene rings is 1. The minimum atomic E-state index is -1.29. The first-order valence-electron chi connectivity index (χ1n) is 4.79. The quantitative estimate of drug-likeness (QED) is 0.808. The predicted octanol–water partition coefficient (Wildman–Crippen LogP) is -0.144. The topological polar surface area (TPSA) is 101 Å². The van der Waals surface area contributed by atoms with Crippen molar-refractivity contribution in [1.82, 2.24) is 9.71 Å². The number of aromatic nitrogens is 2. The van der Waals surface area contributed by atoms with Crippen LogP contribution in [0.1, 0.15) is 0 Å². The van der Waals surface area contributed by atoms with Crippen molar-refractivity contribution in [1.29, 1.82) is 0 Å². The second-order valence-corrected chi connectivity index (χ2v) is 3.82. The van der Waals surface area contributed by atoms with Gasteiger partial charge in [-0.2, -0.15) is 0 Å². The van der Waals surface area contributed by atoms with Crippen LogP contribution in [0.25, 0.3) is 10.9 Å². The summed E-state index contributed by atoms with van der Waals surface area (Å²) < 4.78 is 0.365. The summed E-state index contributed by atoms with van der Waals surface area (Å²) in [5, 5.41) is 8.97. The number of carboxylic acid groups (broad SMARTS) is 1. The summed E-state index contributed by atoms with van der Waals surface area (Å²) >= 11 is 5.73. The first-order chi connectivity index (χ1) is 8.49. The van der Waals surface area contributed by atoms with Crippen LogP contribution < -0.4 is 16.1 Å². The lowest BCUT2D eigenvalue weighted by atomic mass is 10.2. The maximum atomic E-state index is 11.9. The van der Waals surface area contributed by atoms with Crippen LogP contribution in [-0.4, -0.2) is 27.4 Å². The number of aromatic amines is 1. The van der Waals surface area contributed by atoms with Gasteiger partial charge in [0.25, 0.3) is 5.56 Å². The molecule has 0 spiro atoms. The van der Waals surface area contributed by atoms with Crippen LogP contribution in [0.4, 0.5) is 0 Å². The summed E-state index contributed by atoms with van der Waals surface area (Å²) in [5.74, 6) is -1.29. The summed E-state index contributed by atoms with van der Waals surface area (Å²) in [6.07, 6.45) is 0.